The van der Waals surface area contributed by atoms with Crippen LogP contribution in [0.25, 0.3) is 32.7 Å². The molecular formula is C23H18F2O3S. The van der Waals surface area contributed by atoms with Gasteiger partial charge < -0.3 is 4.74 Å². The van der Waals surface area contributed by atoms with Crippen molar-refractivity contribution in [3.8, 4) is 16.9 Å². The van der Waals surface area contributed by atoms with Gasteiger partial charge in [-0.05, 0) is 64.9 Å². The minimum atomic E-state index is -1.74. The van der Waals surface area contributed by atoms with Gasteiger partial charge in [0, 0.05) is 11.1 Å². The summed E-state index contributed by atoms with van der Waals surface area (Å²) in [6.07, 6.45) is 0. The van der Waals surface area contributed by atoms with Crippen LogP contribution < -0.4 is 4.74 Å². The number of methoxy groups -OCH3 is 1. The van der Waals surface area contributed by atoms with Crippen molar-refractivity contribution in [1.29, 1.82) is 0 Å². The molecule has 0 fully saturated rings. The van der Waals surface area contributed by atoms with Crippen LogP contribution in [0.2, 0.25) is 0 Å². The van der Waals surface area contributed by atoms with Crippen LogP contribution >= 0.6 is 0 Å². The van der Waals surface area contributed by atoms with Gasteiger partial charge in [0.05, 0.1) is 18.6 Å². The molecule has 0 bridgehead atoms. The Morgan fingerprint density at radius 2 is 1.41 bits per heavy atom. The third-order valence-corrected chi connectivity index (χ3v) is 5.91. The molecule has 0 saturated heterocycles. The lowest BCUT2D eigenvalue weighted by molar-refractivity contribution is 0.372. The topological polar surface area (TPSA) is 35.5 Å². The molecule has 0 aromatic heterocycles. The summed E-state index contributed by atoms with van der Waals surface area (Å²) >= 11 is -1.74. The van der Waals surface area contributed by atoms with Crippen molar-refractivity contribution in [1.82, 2.24) is 0 Å². The van der Waals surface area contributed by atoms with Crippen molar-refractivity contribution >= 4 is 32.6 Å². The van der Waals surface area contributed by atoms with Crippen LogP contribution in [0.5, 0.6) is 5.75 Å². The predicted molar refractivity (Wildman–Crippen MR) is 111 cm³/mol. The van der Waals surface area contributed by atoms with Gasteiger partial charge in [-0.25, -0.2) is 13.0 Å². The van der Waals surface area contributed by atoms with Gasteiger partial charge in [-0.15, -0.1) is 0 Å². The summed E-state index contributed by atoms with van der Waals surface area (Å²) in [5, 5.41) is 2.76. The second kappa shape index (κ2) is 7.89. The lowest BCUT2D eigenvalue weighted by Crippen LogP contribution is -2.02. The van der Waals surface area contributed by atoms with Crippen molar-refractivity contribution in [2.24, 2.45) is 0 Å². The van der Waals surface area contributed by atoms with Gasteiger partial charge in [0.25, 0.3) is 0 Å². The van der Waals surface area contributed by atoms with Gasteiger partial charge >= 0.3 is 0 Å². The fourth-order valence-electron chi connectivity index (χ4n) is 3.56. The van der Waals surface area contributed by atoms with Crippen molar-refractivity contribution in [3.63, 3.8) is 0 Å². The molecule has 4 aromatic carbocycles. The molecule has 1 atom stereocenters. The minimum Gasteiger partial charge on any atom is -0.496 e. The van der Waals surface area contributed by atoms with Crippen LogP contribution in [-0.4, -0.2) is 17.9 Å². The molecule has 0 spiro atoms. The Morgan fingerprint density at radius 1 is 0.828 bits per heavy atom. The highest BCUT2D eigenvalue weighted by molar-refractivity contribution is 7.80. The van der Waals surface area contributed by atoms with E-state index in [9.17, 15) is 13.0 Å². The first-order valence-corrected chi connectivity index (χ1v) is 10.1. The quantitative estimate of drug-likeness (QED) is 0.403. The molecule has 1 unspecified atom stereocenters. The van der Waals surface area contributed by atoms with Gasteiger partial charge in [0.1, 0.15) is 17.4 Å². The molecule has 6 heteroatoms. The van der Waals surface area contributed by atoms with Gasteiger partial charge in [0.2, 0.25) is 0 Å². The van der Waals surface area contributed by atoms with Crippen LogP contribution in [0.3, 0.4) is 0 Å². The van der Waals surface area contributed by atoms with E-state index in [4.69, 9.17) is 8.92 Å². The van der Waals surface area contributed by atoms with E-state index in [0.717, 1.165) is 5.39 Å². The van der Waals surface area contributed by atoms with Crippen LogP contribution in [0.4, 0.5) is 8.78 Å². The first kappa shape index (κ1) is 19.5. The molecule has 148 valence electrons. The molecule has 0 saturated carbocycles. The van der Waals surface area contributed by atoms with E-state index in [2.05, 4.69) is 0 Å². The Bertz CT molecular complexity index is 1250. The van der Waals surface area contributed by atoms with E-state index in [0.29, 0.717) is 37.9 Å². The Kier molecular flexibility index (Phi) is 5.30. The zero-order chi connectivity index (χ0) is 20.5. The standard InChI is InChI=1S/C23H18F2O3S/c1-3-28-29(26)21-11-5-15-13-17(25)7-9-19(15)23(21)22-18-8-6-16(24)12-14(18)4-10-20(22)27-2/h4-13H,3H2,1-2H3. The lowest BCUT2D eigenvalue weighted by atomic mass is 9.93. The minimum absolute atomic E-state index is 0.269. The third-order valence-electron chi connectivity index (χ3n) is 4.76. The summed E-state index contributed by atoms with van der Waals surface area (Å²) in [6.45, 7) is 2.03. The highest BCUT2D eigenvalue weighted by Crippen LogP contribution is 2.43. The molecule has 3 nitrogen and oxygen atoms in total. The number of hydrogen-bond donors (Lipinski definition) is 0. The molecule has 4 aromatic rings. The van der Waals surface area contributed by atoms with Gasteiger partial charge in [-0.2, -0.15) is 0 Å². The summed E-state index contributed by atoms with van der Waals surface area (Å²) < 4.78 is 51.5. The average molecular weight is 412 g/mol. The number of fused-ring (bicyclic) bond motifs is 2. The van der Waals surface area contributed by atoms with Crippen molar-refractivity contribution < 1.29 is 21.9 Å². The Morgan fingerprint density at radius 3 is 2.00 bits per heavy atom. The maximum Gasteiger partial charge on any atom is 0.189 e. The van der Waals surface area contributed by atoms with E-state index in [1.54, 1.807) is 43.3 Å². The van der Waals surface area contributed by atoms with E-state index in [1.807, 2.05) is 0 Å². The molecule has 4 rings (SSSR count). The summed E-state index contributed by atoms with van der Waals surface area (Å²) in [5.41, 5.74) is 1.27. The molecule has 0 heterocycles. The number of benzene rings is 4. The smallest absolute Gasteiger partial charge is 0.189 e. The van der Waals surface area contributed by atoms with Crippen LogP contribution in [-0.2, 0) is 15.3 Å². The predicted octanol–water partition coefficient (Wildman–Crippen LogP) is 6.01. The zero-order valence-corrected chi connectivity index (χ0v) is 16.7. The normalized spacial score (nSPS) is 12.4. The molecule has 0 amide bonds. The molecule has 29 heavy (non-hydrogen) atoms. The number of hydrogen-bond acceptors (Lipinski definition) is 3. The maximum absolute atomic E-state index is 13.8. The van der Waals surface area contributed by atoms with Crippen LogP contribution in [0, 0.1) is 11.6 Å². The maximum atomic E-state index is 13.8. The van der Waals surface area contributed by atoms with Gasteiger partial charge in [-0.1, -0.05) is 24.3 Å². The number of ether oxygens (including phenoxy) is 1. The fraction of sp³-hybridized carbons (Fsp3) is 0.130. The monoisotopic (exact) mass is 412 g/mol. The zero-order valence-electron chi connectivity index (χ0n) is 15.9. The van der Waals surface area contributed by atoms with Crippen LogP contribution in [0.15, 0.2) is 65.6 Å². The third kappa shape index (κ3) is 3.50. The van der Waals surface area contributed by atoms with E-state index < -0.39 is 11.1 Å². The SMILES string of the molecule is CCOS(=O)c1ccc2cc(F)ccc2c1-c1c(OC)ccc2cc(F)ccc12. The van der Waals surface area contributed by atoms with E-state index in [1.165, 1.54) is 31.4 Å². The molecule has 0 aliphatic carbocycles. The van der Waals surface area contributed by atoms with Crippen molar-refractivity contribution in [2.75, 3.05) is 13.7 Å². The average Bonchev–Trinajstić information content (AvgIpc) is 2.72. The number of rotatable bonds is 5. The summed E-state index contributed by atoms with van der Waals surface area (Å²) in [6, 6.07) is 15.8. The summed E-state index contributed by atoms with van der Waals surface area (Å²) in [4.78, 5) is 0.445. The second-order valence-corrected chi connectivity index (χ2v) is 7.60. The highest BCUT2D eigenvalue weighted by Gasteiger charge is 2.21. The van der Waals surface area contributed by atoms with Crippen LogP contribution in [0.1, 0.15) is 6.92 Å². The largest absolute Gasteiger partial charge is 0.496 e. The van der Waals surface area contributed by atoms with Crippen molar-refractivity contribution in [3.05, 3.63) is 72.3 Å². The second-order valence-electron chi connectivity index (χ2n) is 6.45. The number of halogens is 2. The molecule has 0 N–H and O–H groups in total. The lowest BCUT2D eigenvalue weighted by Gasteiger charge is -2.18. The van der Waals surface area contributed by atoms with E-state index >= 15 is 0 Å². The molecule has 0 aliphatic rings. The molecule has 0 aliphatic heterocycles. The molecular weight excluding hydrogens is 394 g/mol. The fourth-order valence-corrected chi connectivity index (χ4v) is 4.46. The molecule has 0 radical (unpaired) electrons. The van der Waals surface area contributed by atoms with E-state index in [-0.39, 0.29) is 18.2 Å². The van der Waals surface area contributed by atoms with Gasteiger partial charge in [-0.3, -0.25) is 4.18 Å². The first-order valence-electron chi connectivity index (χ1n) is 9.07. The Labute approximate surface area is 169 Å². The highest BCUT2D eigenvalue weighted by atomic mass is 32.2. The van der Waals surface area contributed by atoms with Gasteiger partial charge in [0.15, 0.2) is 11.1 Å². The first-order chi connectivity index (χ1) is 14.0. The summed E-state index contributed by atoms with van der Waals surface area (Å²) in [7, 11) is 1.54. The Balaban J connectivity index is 2.17. The summed E-state index contributed by atoms with van der Waals surface area (Å²) in [5.74, 6) is -0.184. The van der Waals surface area contributed by atoms with Crippen molar-refractivity contribution in [2.45, 2.75) is 11.8 Å². The Hall–Kier alpha value is -2.83.